The Bertz CT molecular complexity index is 332. The van der Waals surface area contributed by atoms with Crippen LogP contribution >= 0.6 is 12.2 Å². The number of ether oxygens (including phenoxy) is 1. The summed E-state index contributed by atoms with van der Waals surface area (Å²) in [7, 11) is 2.05. The predicted octanol–water partition coefficient (Wildman–Crippen LogP) is 0.526. The van der Waals surface area contributed by atoms with Crippen molar-refractivity contribution in [2.45, 2.75) is 32.8 Å². The second-order valence-electron chi connectivity index (χ2n) is 5.12. The topological polar surface area (TPSA) is 67.6 Å². The number of likely N-dealkylation sites (N-methyl/N-ethyl adjacent to an activating group) is 1. The van der Waals surface area contributed by atoms with Crippen LogP contribution in [-0.4, -0.2) is 55.2 Å². The fourth-order valence-electron chi connectivity index (χ4n) is 2.40. The molecule has 0 radical (unpaired) electrons. The number of amides is 1. The van der Waals surface area contributed by atoms with Crippen LogP contribution < -0.4 is 11.1 Å². The average Bonchev–Trinajstić information content (AvgIpc) is 2.38. The summed E-state index contributed by atoms with van der Waals surface area (Å²) in [6.45, 7) is 6.86. The van der Waals surface area contributed by atoms with Crippen LogP contribution in [0.2, 0.25) is 0 Å². The molecule has 5 nitrogen and oxygen atoms in total. The molecule has 0 aliphatic carbocycles. The first-order chi connectivity index (χ1) is 8.96. The van der Waals surface area contributed by atoms with Crippen LogP contribution in [0.25, 0.3) is 0 Å². The highest BCUT2D eigenvalue weighted by atomic mass is 32.1. The molecular weight excluding hydrogens is 262 g/mol. The van der Waals surface area contributed by atoms with E-state index in [1.54, 1.807) is 0 Å². The van der Waals surface area contributed by atoms with E-state index in [4.69, 9.17) is 22.7 Å². The molecule has 1 heterocycles. The molecule has 6 heteroatoms. The van der Waals surface area contributed by atoms with Gasteiger partial charge in [0.15, 0.2) is 0 Å². The smallest absolute Gasteiger partial charge is 0.233 e. The van der Waals surface area contributed by atoms with Crippen molar-refractivity contribution in [2.24, 2.45) is 11.1 Å². The summed E-state index contributed by atoms with van der Waals surface area (Å²) in [6.07, 6.45) is 1.28. The standard InChI is InChI=1S/C13H25N3O2S/c1-4-13(5-2,11(14)19)12(17)15-8-10-9-16(3)6-7-18-10/h10H,4-9H2,1-3H3,(H2,14,19)(H,15,17). The van der Waals surface area contributed by atoms with E-state index in [-0.39, 0.29) is 17.0 Å². The first-order valence-corrected chi connectivity index (χ1v) is 7.25. The third-order valence-electron chi connectivity index (χ3n) is 3.95. The summed E-state index contributed by atoms with van der Waals surface area (Å²) in [6, 6.07) is 0. The molecule has 1 fully saturated rings. The minimum Gasteiger partial charge on any atom is -0.392 e. The van der Waals surface area contributed by atoms with Crippen molar-refractivity contribution in [1.82, 2.24) is 10.2 Å². The van der Waals surface area contributed by atoms with E-state index in [0.717, 1.165) is 13.1 Å². The van der Waals surface area contributed by atoms with Crippen LogP contribution in [0.4, 0.5) is 0 Å². The molecule has 1 saturated heterocycles. The Hall–Kier alpha value is -0.720. The number of nitrogens with zero attached hydrogens (tertiary/aromatic N) is 1. The summed E-state index contributed by atoms with van der Waals surface area (Å²) >= 11 is 5.07. The van der Waals surface area contributed by atoms with E-state index in [1.165, 1.54) is 0 Å². The lowest BCUT2D eigenvalue weighted by atomic mass is 9.81. The molecule has 0 bridgehead atoms. The van der Waals surface area contributed by atoms with Crippen molar-refractivity contribution in [1.29, 1.82) is 0 Å². The van der Waals surface area contributed by atoms with Crippen molar-refractivity contribution in [3.63, 3.8) is 0 Å². The lowest BCUT2D eigenvalue weighted by molar-refractivity contribution is -0.129. The van der Waals surface area contributed by atoms with Crippen LogP contribution in [0.1, 0.15) is 26.7 Å². The molecule has 0 spiro atoms. The zero-order chi connectivity index (χ0) is 14.5. The van der Waals surface area contributed by atoms with Crippen molar-refractivity contribution in [2.75, 3.05) is 33.3 Å². The molecule has 110 valence electrons. The van der Waals surface area contributed by atoms with Crippen molar-refractivity contribution < 1.29 is 9.53 Å². The Morgan fingerprint density at radius 3 is 2.63 bits per heavy atom. The predicted molar refractivity (Wildman–Crippen MR) is 80.0 cm³/mol. The van der Waals surface area contributed by atoms with E-state index in [9.17, 15) is 4.79 Å². The van der Waals surface area contributed by atoms with E-state index < -0.39 is 5.41 Å². The molecule has 0 aromatic rings. The Kier molecular flexibility index (Phi) is 6.16. The van der Waals surface area contributed by atoms with Gasteiger partial charge in [0.1, 0.15) is 0 Å². The van der Waals surface area contributed by atoms with Crippen molar-refractivity contribution >= 4 is 23.1 Å². The van der Waals surface area contributed by atoms with Gasteiger partial charge in [-0.05, 0) is 19.9 Å². The number of nitrogens with two attached hydrogens (primary N) is 1. The van der Waals surface area contributed by atoms with Gasteiger partial charge in [-0.15, -0.1) is 0 Å². The largest absolute Gasteiger partial charge is 0.392 e. The Labute approximate surface area is 120 Å². The van der Waals surface area contributed by atoms with E-state index in [1.807, 2.05) is 13.8 Å². The molecule has 1 atom stereocenters. The monoisotopic (exact) mass is 287 g/mol. The zero-order valence-corrected chi connectivity index (χ0v) is 12.9. The number of rotatable bonds is 6. The fraction of sp³-hybridized carbons (Fsp3) is 0.846. The van der Waals surface area contributed by atoms with Gasteiger partial charge in [0.25, 0.3) is 0 Å². The maximum atomic E-state index is 12.3. The van der Waals surface area contributed by atoms with Crippen LogP contribution in [0, 0.1) is 5.41 Å². The number of carbonyl (C=O) groups is 1. The molecule has 3 N–H and O–H groups in total. The molecule has 0 aromatic heterocycles. The first kappa shape index (κ1) is 16.3. The van der Waals surface area contributed by atoms with Gasteiger partial charge in [-0.3, -0.25) is 4.79 Å². The summed E-state index contributed by atoms with van der Waals surface area (Å²) in [5, 5.41) is 2.94. The molecular formula is C13H25N3O2S. The van der Waals surface area contributed by atoms with Crippen LogP contribution in [0.5, 0.6) is 0 Å². The zero-order valence-electron chi connectivity index (χ0n) is 12.1. The number of hydrogen-bond donors (Lipinski definition) is 2. The minimum atomic E-state index is -0.726. The summed E-state index contributed by atoms with van der Waals surface area (Å²) in [4.78, 5) is 14.8. The van der Waals surface area contributed by atoms with Gasteiger partial charge >= 0.3 is 0 Å². The highest BCUT2D eigenvalue weighted by Crippen LogP contribution is 2.27. The van der Waals surface area contributed by atoms with Gasteiger partial charge in [0.05, 0.1) is 23.1 Å². The molecule has 1 aliphatic heterocycles. The van der Waals surface area contributed by atoms with Crippen molar-refractivity contribution in [3.8, 4) is 0 Å². The van der Waals surface area contributed by atoms with E-state index >= 15 is 0 Å². The normalized spacial score (nSPS) is 21.1. The lowest BCUT2D eigenvalue weighted by Crippen LogP contribution is -2.52. The highest BCUT2D eigenvalue weighted by molar-refractivity contribution is 7.80. The Morgan fingerprint density at radius 2 is 2.16 bits per heavy atom. The minimum absolute atomic E-state index is 0.0421. The summed E-state index contributed by atoms with van der Waals surface area (Å²) in [5.41, 5.74) is 5.03. The maximum Gasteiger partial charge on any atom is 0.233 e. The molecule has 1 aliphatic rings. The number of morpholine rings is 1. The Morgan fingerprint density at radius 1 is 1.53 bits per heavy atom. The molecule has 0 aromatic carbocycles. The average molecular weight is 287 g/mol. The van der Waals surface area contributed by atoms with Gasteiger partial charge in [0, 0.05) is 19.6 Å². The molecule has 1 amide bonds. The first-order valence-electron chi connectivity index (χ1n) is 6.84. The third kappa shape index (κ3) is 3.87. The second-order valence-corrected chi connectivity index (χ2v) is 5.56. The van der Waals surface area contributed by atoms with Crippen LogP contribution in [0.15, 0.2) is 0 Å². The number of nitrogens with one attached hydrogen (secondary N) is 1. The second kappa shape index (κ2) is 7.17. The highest BCUT2D eigenvalue weighted by Gasteiger charge is 2.38. The quantitative estimate of drug-likeness (QED) is 0.697. The molecule has 19 heavy (non-hydrogen) atoms. The number of thiocarbonyl (C=S) groups is 1. The van der Waals surface area contributed by atoms with E-state index in [0.29, 0.717) is 26.0 Å². The lowest BCUT2D eigenvalue weighted by Gasteiger charge is -2.33. The van der Waals surface area contributed by atoms with Crippen molar-refractivity contribution in [3.05, 3.63) is 0 Å². The van der Waals surface area contributed by atoms with Gasteiger partial charge in [0.2, 0.25) is 5.91 Å². The SMILES string of the molecule is CCC(CC)(C(=O)NCC1CN(C)CCO1)C(N)=S. The molecule has 1 rings (SSSR count). The summed E-state index contributed by atoms with van der Waals surface area (Å²) < 4.78 is 5.62. The van der Waals surface area contributed by atoms with Gasteiger partial charge in [-0.1, -0.05) is 26.1 Å². The van der Waals surface area contributed by atoms with Gasteiger partial charge in [-0.2, -0.15) is 0 Å². The van der Waals surface area contributed by atoms with Gasteiger partial charge < -0.3 is 20.7 Å². The van der Waals surface area contributed by atoms with E-state index in [2.05, 4.69) is 17.3 Å². The Balaban J connectivity index is 2.55. The third-order valence-corrected chi connectivity index (χ3v) is 4.34. The fourth-order valence-corrected chi connectivity index (χ4v) is 2.78. The molecule has 1 unspecified atom stereocenters. The maximum absolute atomic E-state index is 12.3. The number of carbonyl (C=O) groups excluding carboxylic acids is 1. The van der Waals surface area contributed by atoms with Crippen LogP contribution in [0.3, 0.4) is 0 Å². The summed E-state index contributed by atoms with van der Waals surface area (Å²) in [5.74, 6) is -0.0816. The van der Waals surface area contributed by atoms with Gasteiger partial charge in [-0.25, -0.2) is 0 Å². The molecule has 0 saturated carbocycles. The van der Waals surface area contributed by atoms with Crippen LogP contribution in [-0.2, 0) is 9.53 Å². The number of hydrogen-bond acceptors (Lipinski definition) is 4.